The maximum atomic E-state index is 11.4. The molecule has 19 heavy (non-hydrogen) atoms. The number of benzene rings is 1. The van der Waals surface area contributed by atoms with Crippen molar-refractivity contribution in [3.8, 4) is 0 Å². The zero-order valence-corrected chi connectivity index (χ0v) is 11.3. The summed E-state index contributed by atoms with van der Waals surface area (Å²) in [5.41, 5.74) is 0.893. The molecule has 0 aliphatic rings. The number of hydrogen-bond acceptors (Lipinski definition) is 5. The highest BCUT2D eigenvalue weighted by Crippen LogP contribution is 2.14. The number of ketones is 1. The van der Waals surface area contributed by atoms with Gasteiger partial charge in [0, 0.05) is 11.4 Å². The molecule has 0 radical (unpaired) electrons. The summed E-state index contributed by atoms with van der Waals surface area (Å²) in [7, 11) is 1.83. The third-order valence-electron chi connectivity index (χ3n) is 2.20. The number of nitrogens with one attached hydrogen (secondary N) is 3. The summed E-state index contributed by atoms with van der Waals surface area (Å²) in [6, 6.07) is 7.57. The summed E-state index contributed by atoms with van der Waals surface area (Å²) in [5.74, 6) is -1.38. The van der Waals surface area contributed by atoms with Gasteiger partial charge in [-0.15, -0.1) is 0 Å². The van der Waals surface area contributed by atoms with Crippen molar-refractivity contribution in [1.29, 1.82) is 0 Å². The number of rotatable bonds is 8. The quantitative estimate of drug-likeness (QED) is 0.350. The Hall–Kier alpha value is -1.86. The molecular formula is C12H15N3O3S. The molecule has 0 unspecified atom stereocenters. The average molecular weight is 281 g/mol. The minimum absolute atomic E-state index is 0.274. The van der Waals surface area contributed by atoms with Gasteiger partial charge in [-0.3, -0.25) is 19.1 Å². The summed E-state index contributed by atoms with van der Waals surface area (Å²) in [4.78, 5) is 33.6. The lowest BCUT2D eigenvalue weighted by Gasteiger charge is -2.05. The van der Waals surface area contributed by atoms with E-state index in [9.17, 15) is 14.4 Å². The SMILES string of the molecule is CNSc1ccc(CNC(=O)C(=O)CNC=O)cc1. The molecule has 0 aromatic heterocycles. The number of carbonyl (C=O) groups is 3. The van der Waals surface area contributed by atoms with Crippen LogP contribution in [0.2, 0.25) is 0 Å². The number of amides is 2. The van der Waals surface area contributed by atoms with Crippen LogP contribution in [0.4, 0.5) is 0 Å². The Labute approximate surface area is 115 Å². The Morgan fingerprint density at radius 2 is 1.95 bits per heavy atom. The highest BCUT2D eigenvalue weighted by molar-refractivity contribution is 7.97. The highest BCUT2D eigenvalue weighted by atomic mass is 32.2. The summed E-state index contributed by atoms with van der Waals surface area (Å²) in [6.07, 6.45) is 0.378. The minimum Gasteiger partial charge on any atom is -0.351 e. The molecule has 0 aliphatic heterocycles. The van der Waals surface area contributed by atoms with Crippen molar-refractivity contribution in [3.63, 3.8) is 0 Å². The van der Waals surface area contributed by atoms with Crippen LogP contribution in [0, 0.1) is 0 Å². The predicted octanol–water partition coefficient (Wildman–Crippen LogP) is -0.156. The summed E-state index contributed by atoms with van der Waals surface area (Å²) < 4.78 is 2.96. The van der Waals surface area contributed by atoms with E-state index in [1.807, 2.05) is 31.3 Å². The fourth-order valence-electron chi connectivity index (χ4n) is 1.29. The van der Waals surface area contributed by atoms with Crippen molar-refractivity contribution >= 4 is 30.0 Å². The van der Waals surface area contributed by atoms with Crippen molar-refractivity contribution in [3.05, 3.63) is 29.8 Å². The van der Waals surface area contributed by atoms with Gasteiger partial charge < -0.3 is 10.6 Å². The van der Waals surface area contributed by atoms with Crippen LogP contribution >= 0.6 is 11.9 Å². The first kappa shape index (κ1) is 15.2. The minimum atomic E-state index is -0.706. The molecule has 2 amide bonds. The van der Waals surface area contributed by atoms with E-state index in [4.69, 9.17) is 0 Å². The molecule has 7 heteroatoms. The molecule has 1 aromatic carbocycles. The Morgan fingerprint density at radius 1 is 1.26 bits per heavy atom. The molecular weight excluding hydrogens is 266 g/mol. The summed E-state index contributed by atoms with van der Waals surface area (Å²) in [5, 5.41) is 4.64. The molecule has 0 bridgehead atoms. The van der Waals surface area contributed by atoms with Crippen LogP contribution < -0.4 is 15.4 Å². The molecule has 6 nitrogen and oxygen atoms in total. The van der Waals surface area contributed by atoms with Crippen molar-refractivity contribution in [2.45, 2.75) is 11.4 Å². The number of hydrogen-bond donors (Lipinski definition) is 3. The van der Waals surface area contributed by atoms with Crippen LogP contribution in [0.15, 0.2) is 29.2 Å². The maximum absolute atomic E-state index is 11.4. The summed E-state index contributed by atoms with van der Waals surface area (Å²) in [6.45, 7) is -0.0107. The maximum Gasteiger partial charge on any atom is 0.289 e. The third-order valence-corrected chi connectivity index (χ3v) is 2.91. The largest absolute Gasteiger partial charge is 0.351 e. The Kier molecular flexibility index (Phi) is 6.62. The molecule has 0 saturated heterocycles. The lowest BCUT2D eigenvalue weighted by Crippen LogP contribution is -2.36. The average Bonchev–Trinajstić information content (AvgIpc) is 2.44. The molecule has 0 fully saturated rings. The molecule has 102 valence electrons. The van der Waals surface area contributed by atoms with Gasteiger partial charge in [0.1, 0.15) is 0 Å². The van der Waals surface area contributed by atoms with E-state index in [-0.39, 0.29) is 13.1 Å². The van der Waals surface area contributed by atoms with Gasteiger partial charge in [0.25, 0.3) is 5.91 Å². The van der Waals surface area contributed by atoms with Gasteiger partial charge in [-0.25, -0.2) is 0 Å². The van der Waals surface area contributed by atoms with E-state index in [0.717, 1.165) is 10.5 Å². The van der Waals surface area contributed by atoms with E-state index in [0.29, 0.717) is 6.41 Å². The second kappa shape index (κ2) is 8.28. The zero-order valence-electron chi connectivity index (χ0n) is 10.4. The molecule has 0 atom stereocenters. The van der Waals surface area contributed by atoms with Gasteiger partial charge in [-0.2, -0.15) is 0 Å². The van der Waals surface area contributed by atoms with Crippen LogP contribution in [-0.4, -0.2) is 31.7 Å². The Balaban J connectivity index is 2.41. The van der Waals surface area contributed by atoms with Crippen molar-refractivity contribution in [1.82, 2.24) is 15.4 Å². The normalized spacial score (nSPS) is 9.74. The van der Waals surface area contributed by atoms with Crippen LogP contribution in [-0.2, 0) is 20.9 Å². The van der Waals surface area contributed by atoms with E-state index >= 15 is 0 Å². The van der Waals surface area contributed by atoms with Gasteiger partial charge in [0.15, 0.2) is 0 Å². The Morgan fingerprint density at radius 3 is 2.53 bits per heavy atom. The van der Waals surface area contributed by atoms with Gasteiger partial charge in [-0.05, 0) is 36.7 Å². The molecule has 1 rings (SSSR count). The number of Topliss-reactive ketones (excluding diaryl/α,β-unsaturated/α-hetero) is 1. The lowest BCUT2D eigenvalue weighted by atomic mass is 10.2. The third kappa shape index (κ3) is 5.54. The highest BCUT2D eigenvalue weighted by Gasteiger charge is 2.11. The predicted molar refractivity (Wildman–Crippen MR) is 72.3 cm³/mol. The first-order valence-corrected chi connectivity index (χ1v) is 6.39. The second-order valence-corrected chi connectivity index (χ2v) is 4.64. The second-order valence-electron chi connectivity index (χ2n) is 3.55. The summed E-state index contributed by atoms with van der Waals surface area (Å²) >= 11 is 1.49. The molecule has 3 N–H and O–H groups in total. The first-order chi connectivity index (χ1) is 9.17. The van der Waals surface area contributed by atoms with E-state index in [1.54, 1.807) is 0 Å². The molecule has 0 saturated carbocycles. The number of carbonyl (C=O) groups excluding carboxylic acids is 3. The Bertz CT molecular complexity index is 448. The van der Waals surface area contributed by atoms with Crippen molar-refractivity contribution < 1.29 is 14.4 Å². The molecule has 1 aromatic rings. The monoisotopic (exact) mass is 281 g/mol. The van der Waals surface area contributed by atoms with Crippen LogP contribution in [0.1, 0.15) is 5.56 Å². The smallest absolute Gasteiger partial charge is 0.289 e. The van der Waals surface area contributed by atoms with Crippen molar-refractivity contribution in [2.24, 2.45) is 0 Å². The molecule has 0 heterocycles. The standard InChI is InChI=1S/C12H15N3O3S/c1-13-19-10-4-2-9(3-5-10)6-15-12(18)11(17)7-14-8-16/h2-5,8,13H,6-7H2,1H3,(H,14,16)(H,15,18). The van der Waals surface area contributed by atoms with Gasteiger partial charge >= 0.3 is 0 Å². The van der Waals surface area contributed by atoms with E-state index < -0.39 is 11.7 Å². The van der Waals surface area contributed by atoms with Crippen molar-refractivity contribution in [2.75, 3.05) is 13.6 Å². The van der Waals surface area contributed by atoms with Gasteiger partial charge in [0.2, 0.25) is 12.2 Å². The fourth-order valence-corrected chi connectivity index (χ4v) is 1.80. The zero-order chi connectivity index (χ0) is 14.1. The molecule has 0 aliphatic carbocycles. The topological polar surface area (TPSA) is 87.3 Å². The van der Waals surface area contributed by atoms with Crippen LogP contribution in [0.5, 0.6) is 0 Å². The van der Waals surface area contributed by atoms with Crippen LogP contribution in [0.3, 0.4) is 0 Å². The lowest BCUT2D eigenvalue weighted by molar-refractivity contribution is -0.137. The van der Waals surface area contributed by atoms with Gasteiger partial charge in [0.05, 0.1) is 6.54 Å². The van der Waals surface area contributed by atoms with E-state index in [1.165, 1.54) is 11.9 Å². The van der Waals surface area contributed by atoms with Crippen LogP contribution in [0.25, 0.3) is 0 Å². The fraction of sp³-hybridized carbons (Fsp3) is 0.250. The first-order valence-electron chi connectivity index (χ1n) is 5.58. The van der Waals surface area contributed by atoms with E-state index in [2.05, 4.69) is 15.4 Å². The van der Waals surface area contributed by atoms with Gasteiger partial charge in [-0.1, -0.05) is 12.1 Å². The molecule has 0 spiro atoms.